The molecule has 2 aliphatic rings. The normalized spacial score (nSPS) is 25.6. The molecule has 3 rings (SSSR count). The van der Waals surface area contributed by atoms with Gasteiger partial charge in [-0.3, -0.25) is 9.59 Å². The van der Waals surface area contributed by atoms with Gasteiger partial charge in [-0.2, -0.15) is 0 Å². The summed E-state index contributed by atoms with van der Waals surface area (Å²) in [5, 5.41) is 0. The van der Waals surface area contributed by atoms with Crippen molar-refractivity contribution < 1.29 is 9.59 Å². The van der Waals surface area contributed by atoms with Gasteiger partial charge in [-0.05, 0) is 37.3 Å². The van der Waals surface area contributed by atoms with Gasteiger partial charge < -0.3 is 9.80 Å². The Balaban J connectivity index is 1.72. The summed E-state index contributed by atoms with van der Waals surface area (Å²) in [5.74, 6) is 0.619. The van der Waals surface area contributed by atoms with E-state index in [0.29, 0.717) is 18.9 Å². The molecule has 0 unspecified atom stereocenters. The maximum atomic E-state index is 12.7. The summed E-state index contributed by atoms with van der Waals surface area (Å²) < 4.78 is 0. The second-order valence-corrected chi connectivity index (χ2v) is 6.72. The average molecular weight is 300 g/mol. The molecule has 0 aromatic heterocycles. The van der Waals surface area contributed by atoms with Crippen molar-refractivity contribution in [3.05, 3.63) is 29.8 Å². The molecule has 2 fully saturated rings. The van der Waals surface area contributed by atoms with Crippen LogP contribution in [0.15, 0.2) is 24.3 Å². The zero-order chi connectivity index (χ0) is 15.7. The first kappa shape index (κ1) is 15.1. The molecule has 0 aliphatic carbocycles. The van der Waals surface area contributed by atoms with Gasteiger partial charge in [0.2, 0.25) is 11.8 Å². The SMILES string of the molecule is Cc1ccccc1N1C[C@H](C(=O)N2CCC[C@H](C)C2)CC1=O. The Hall–Kier alpha value is -1.84. The lowest BCUT2D eigenvalue weighted by Crippen LogP contribution is -2.43. The Morgan fingerprint density at radius 3 is 2.73 bits per heavy atom. The van der Waals surface area contributed by atoms with Crippen molar-refractivity contribution in [3.8, 4) is 0 Å². The summed E-state index contributed by atoms with van der Waals surface area (Å²) in [7, 11) is 0. The fourth-order valence-electron chi connectivity index (χ4n) is 3.62. The van der Waals surface area contributed by atoms with Crippen LogP contribution in [0.1, 0.15) is 31.7 Å². The first-order valence-corrected chi connectivity index (χ1v) is 8.21. The Morgan fingerprint density at radius 1 is 1.23 bits per heavy atom. The molecule has 2 aliphatic heterocycles. The molecule has 0 bridgehead atoms. The molecule has 2 atom stereocenters. The van der Waals surface area contributed by atoms with E-state index in [1.807, 2.05) is 36.1 Å². The van der Waals surface area contributed by atoms with Crippen LogP contribution < -0.4 is 4.90 Å². The first-order chi connectivity index (χ1) is 10.6. The molecule has 4 heteroatoms. The van der Waals surface area contributed by atoms with Crippen LogP contribution in [0.5, 0.6) is 0 Å². The molecule has 118 valence electrons. The molecular weight excluding hydrogens is 276 g/mol. The number of likely N-dealkylation sites (tertiary alicyclic amines) is 1. The molecule has 0 spiro atoms. The van der Waals surface area contributed by atoms with E-state index in [2.05, 4.69) is 6.92 Å². The number of aryl methyl sites for hydroxylation is 1. The third kappa shape index (κ3) is 2.87. The molecule has 0 radical (unpaired) electrons. The van der Waals surface area contributed by atoms with Crippen LogP contribution in [0.3, 0.4) is 0 Å². The standard InChI is InChI=1S/C18H24N2O2/c1-13-6-5-9-19(11-13)18(22)15-10-17(21)20(12-15)16-8-4-3-7-14(16)2/h3-4,7-8,13,15H,5-6,9-12H2,1-2H3/t13-,15+/m0/s1. The van der Waals surface area contributed by atoms with Crippen LogP contribution in [0.4, 0.5) is 5.69 Å². The van der Waals surface area contributed by atoms with E-state index in [0.717, 1.165) is 30.8 Å². The zero-order valence-electron chi connectivity index (χ0n) is 13.4. The molecule has 2 amide bonds. The maximum absolute atomic E-state index is 12.7. The maximum Gasteiger partial charge on any atom is 0.228 e. The van der Waals surface area contributed by atoms with Crippen molar-refractivity contribution >= 4 is 17.5 Å². The largest absolute Gasteiger partial charge is 0.342 e. The molecule has 1 aromatic carbocycles. The molecule has 2 heterocycles. The van der Waals surface area contributed by atoms with Gasteiger partial charge in [0.1, 0.15) is 0 Å². The van der Waals surface area contributed by atoms with Gasteiger partial charge in [-0.25, -0.2) is 0 Å². The van der Waals surface area contributed by atoms with Crippen LogP contribution in [0.2, 0.25) is 0 Å². The van der Waals surface area contributed by atoms with Gasteiger partial charge in [0.25, 0.3) is 0 Å². The lowest BCUT2D eigenvalue weighted by atomic mass is 9.98. The predicted molar refractivity (Wildman–Crippen MR) is 86.6 cm³/mol. The molecule has 0 N–H and O–H groups in total. The van der Waals surface area contributed by atoms with E-state index in [4.69, 9.17) is 0 Å². The van der Waals surface area contributed by atoms with Crippen LogP contribution in [-0.4, -0.2) is 36.3 Å². The molecule has 4 nitrogen and oxygen atoms in total. The van der Waals surface area contributed by atoms with E-state index >= 15 is 0 Å². The van der Waals surface area contributed by atoms with Crippen LogP contribution in [0.25, 0.3) is 0 Å². The smallest absolute Gasteiger partial charge is 0.228 e. The van der Waals surface area contributed by atoms with Gasteiger partial charge in [0.05, 0.1) is 5.92 Å². The fraction of sp³-hybridized carbons (Fsp3) is 0.556. The number of piperidine rings is 1. The van der Waals surface area contributed by atoms with E-state index in [1.165, 1.54) is 6.42 Å². The Morgan fingerprint density at radius 2 is 2.00 bits per heavy atom. The van der Waals surface area contributed by atoms with E-state index < -0.39 is 0 Å². The Bertz CT molecular complexity index is 584. The minimum Gasteiger partial charge on any atom is -0.342 e. The lowest BCUT2D eigenvalue weighted by molar-refractivity contribution is -0.137. The summed E-state index contributed by atoms with van der Waals surface area (Å²) in [6.45, 7) is 6.41. The van der Waals surface area contributed by atoms with Crippen molar-refractivity contribution in [1.29, 1.82) is 0 Å². The Labute approximate surface area is 132 Å². The van der Waals surface area contributed by atoms with Crippen molar-refractivity contribution in [2.45, 2.75) is 33.1 Å². The number of benzene rings is 1. The number of para-hydroxylation sites is 1. The summed E-state index contributed by atoms with van der Waals surface area (Å²) in [4.78, 5) is 28.8. The summed E-state index contributed by atoms with van der Waals surface area (Å²) in [6, 6.07) is 7.88. The third-order valence-corrected chi connectivity index (χ3v) is 4.85. The summed E-state index contributed by atoms with van der Waals surface area (Å²) in [5.41, 5.74) is 2.02. The summed E-state index contributed by atoms with van der Waals surface area (Å²) >= 11 is 0. The van der Waals surface area contributed by atoms with Crippen LogP contribution in [0, 0.1) is 18.8 Å². The van der Waals surface area contributed by atoms with Crippen molar-refractivity contribution in [2.24, 2.45) is 11.8 Å². The Kier molecular flexibility index (Phi) is 4.19. The quantitative estimate of drug-likeness (QED) is 0.842. The topological polar surface area (TPSA) is 40.6 Å². The number of carbonyl (C=O) groups excluding carboxylic acids is 2. The number of rotatable bonds is 2. The average Bonchev–Trinajstić information content (AvgIpc) is 2.89. The van der Waals surface area contributed by atoms with E-state index in [-0.39, 0.29) is 17.7 Å². The van der Waals surface area contributed by atoms with Crippen molar-refractivity contribution in [2.75, 3.05) is 24.5 Å². The van der Waals surface area contributed by atoms with E-state index in [9.17, 15) is 9.59 Å². The number of hydrogen-bond donors (Lipinski definition) is 0. The van der Waals surface area contributed by atoms with Crippen molar-refractivity contribution in [1.82, 2.24) is 4.90 Å². The minimum absolute atomic E-state index is 0.0673. The monoisotopic (exact) mass is 300 g/mol. The third-order valence-electron chi connectivity index (χ3n) is 4.85. The highest BCUT2D eigenvalue weighted by molar-refractivity contribution is 6.00. The number of amides is 2. The van der Waals surface area contributed by atoms with Crippen LogP contribution in [-0.2, 0) is 9.59 Å². The highest BCUT2D eigenvalue weighted by Crippen LogP contribution is 2.29. The summed E-state index contributed by atoms with van der Waals surface area (Å²) in [6.07, 6.45) is 2.62. The highest BCUT2D eigenvalue weighted by atomic mass is 16.2. The molecule has 0 saturated carbocycles. The highest BCUT2D eigenvalue weighted by Gasteiger charge is 2.38. The number of nitrogens with zero attached hydrogens (tertiary/aromatic N) is 2. The second kappa shape index (κ2) is 6.11. The number of anilines is 1. The minimum atomic E-state index is -0.183. The molecular formula is C18H24N2O2. The molecule has 2 saturated heterocycles. The van der Waals surface area contributed by atoms with E-state index in [1.54, 1.807) is 4.90 Å². The van der Waals surface area contributed by atoms with Crippen LogP contribution >= 0.6 is 0 Å². The first-order valence-electron chi connectivity index (χ1n) is 8.21. The fourth-order valence-corrected chi connectivity index (χ4v) is 3.62. The van der Waals surface area contributed by atoms with Gasteiger partial charge in [-0.15, -0.1) is 0 Å². The van der Waals surface area contributed by atoms with Gasteiger partial charge >= 0.3 is 0 Å². The van der Waals surface area contributed by atoms with Gasteiger partial charge in [0.15, 0.2) is 0 Å². The zero-order valence-corrected chi connectivity index (χ0v) is 13.4. The predicted octanol–water partition coefficient (Wildman–Crippen LogP) is 2.61. The number of hydrogen-bond acceptors (Lipinski definition) is 2. The molecule has 22 heavy (non-hydrogen) atoms. The van der Waals surface area contributed by atoms with Gasteiger partial charge in [0, 0.05) is 31.7 Å². The second-order valence-electron chi connectivity index (χ2n) is 6.72. The van der Waals surface area contributed by atoms with Crippen molar-refractivity contribution in [3.63, 3.8) is 0 Å². The van der Waals surface area contributed by atoms with Gasteiger partial charge in [-0.1, -0.05) is 25.1 Å². The number of carbonyl (C=O) groups is 2. The lowest BCUT2D eigenvalue weighted by Gasteiger charge is -2.32. The molecule has 1 aromatic rings.